The largest absolute Gasteiger partial charge is 0.381 e. The van der Waals surface area contributed by atoms with E-state index in [1.54, 1.807) is 0 Å². The van der Waals surface area contributed by atoms with Crippen molar-refractivity contribution in [2.75, 3.05) is 18.5 Å². The summed E-state index contributed by atoms with van der Waals surface area (Å²) in [5.74, 6) is 1.83. The van der Waals surface area contributed by atoms with Crippen molar-refractivity contribution in [2.24, 2.45) is 0 Å². The third kappa shape index (κ3) is 2.89. The molecule has 0 amide bonds. The fourth-order valence-corrected chi connectivity index (χ4v) is 1.70. The molecule has 1 aliphatic heterocycles. The van der Waals surface area contributed by atoms with Gasteiger partial charge in [-0.3, -0.25) is 0 Å². The Morgan fingerprint density at radius 3 is 3.00 bits per heavy atom. The summed E-state index contributed by atoms with van der Waals surface area (Å²) in [6.07, 6.45) is 4.81. The Bertz CT molecular complexity index is 310. The van der Waals surface area contributed by atoms with E-state index in [1.807, 2.05) is 12.3 Å². The predicted molar refractivity (Wildman–Crippen MR) is 58.9 cm³/mol. The van der Waals surface area contributed by atoms with E-state index in [2.05, 4.69) is 22.2 Å². The van der Waals surface area contributed by atoms with Crippen LogP contribution in [0.15, 0.2) is 12.3 Å². The summed E-state index contributed by atoms with van der Waals surface area (Å²) in [5, 5.41) is 3.42. The van der Waals surface area contributed by atoms with Crippen molar-refractivity contribution in [2.45, 2.75) is 32.2 Å². The quantitative estimate of drug-likeness (QED) is 0.818. The van der Waals surface area contributed by atoms with E-state index in [4.69, 9.17) is 4.74 Å². The zero-order chi connectivity index (χ0) is 10.5. The van der Waals surface area contributed by atoms with Crippen molar-refractivity contribution >= 4 is 5.82 Å². The standard InChI is InChI=1S/C11H17N3O/c1-2-10-12-6-3-11(14-10)13-9-4-7-15-8-5-9/h3,6,9H,2,4-5,7-8H2,1H3,(H,12,13,14). The van der Waals surface area contributed by atoms with Crippen molar-refractivity contribution in [1.29, 1.82) is 0 Å². The maximum atomic E-state index is 5.31. The lowest BCUT2D eigenvalue weighted by Gasteiger charge is -2.23. The molecule has 1 N–H and O–H groups in total. The van der Waals surface area contributed by atoms with Crippen LogP contribution in [0.1, 0.15) is 25.6 Å². The molecule has 1 aromatic rings. The molecule has 4 heteroatoms. The highest BCUT2D eigenvalue weighted by Gasteiger charge is 2.13. The van der Waals surface area contributed by atoms with Crippen LogP contribution in [0.2, 0.25) is 0 Å². The highest BCUT2D eigenvalue weighted by Crippen LogP contribution is 2.12. The topological polar surface area (TPSA) is 47.0 Å². The molecule has 2 heterocycles. The second-order valence-electron chi connectivity index (χ2n) is 3.74. The van der Waals surface area contributed by atoms with Gasteiger partial charge in [-0.2, -0.15) is 0 Å². The second kappa shape index (κ2) is 5.07. The molecule has 0 radical (unpaired) electrons. The molecule has 0 unspecified atom stereocenters. The Labute approximate surface area is 90.1 Å². The molecule has 0 aromatic carbocycles. The highest BCUT2D eigenvalue weighted by atomic mass is 16.5. The van der Waals surface area contributed by atoms with E-state index in [-0.39, 0.29) is 0 Å². The van der Waals surface area contributed by atoms with Crippen LogP contribution in [0, 0.1) is 0 Å². The molecular weight excluding hydrogens is 190 g/mol. The SMILES string of the molecule is CCc1nccc(NC2CCOCC2)n1. The van der Waals surface area contributed by atoms with Crippen molar-refractivity contribution in [1.82, 2.24) is 9.97 Å². The molecular formula is C11H17N3O. The lowest BCUT2D eigenvalue weighted by atomic mass is 10.1. The first kappa shape index (κ1) is 10.4. The summed E-state index contributed by atoms with van der Waals surface area (Å²) in [7, 11) is 0. The predicted octanol–water partition coefficient (Wildman–Crippen LogP) is 1.63. The van der Waals surface area contributed by atoms with Gasteiger partial charge < -0.3 is 10.1 Å². The number of aryl methyl sites for hydroxylation is 1. The van der Waals surface area contributed by atoms with E-state index >= 15 is 0 Å². The Kier molecular flexibility index (Phi) is 3.50. The van der Waals surface area contributed by atoms with Crippen LogP contribution in [-0.4, -0.2) is 29.2 Å². The summed E-state index contributed by atoms with van der Waals surface area (Å²) in [6.45, 7) is 3.76. The van der Waals surface area contributed by atoms with E-state index in [0.717, 1.165) is 44.1 Å². The van der Waals surface area contributed by atoms with Crippen molar-refractivity contribution in [3.63, 3.8) is 0 Å². The molecule has 1 aliphatic rings. The minimum Gasteiger partial charge on any atom is -0.381 e. The smallest absolute Gasteiger partial charge is 0.130 e. The van der Waals surface area contributed by atoms with Gasteiger partial charge in [-0.05, 0) is 18.9 Å². The zero-order valence-corrected chi connectivity index (χ0v) is 9.07. The van der Waals surface area contributed by atoms with Gasteiger partial charge in [0.2, 0.25) is 0 Å². The Morgan fingerprint density at radius 2 is 2.27 bits per heavy atom. The number of nitrogens with one attached hydrogen (secondary N) is 1. The first-order valence-electron chi connectivity index (χ1n) is 5.54. The van der Waals surface area contributed by atoms with Gasteiger partial charge >= 0.3 is 0 Å². The van der Waals surface area contributed by atoms with Crippen LogP contribution in [0.5, 0.6) is 0 Å². The molecule has 0 saturated carbocycles. The third-order valence-electron chi connectivity index (χ3n) is 2.60. The maximum Gasteiger partial charge on any atom is 0.130 e. The monoisotopic (exact) mass is 207 g/mol. The summed E-state index contributed by atoms with van der Waals surface area (Å²) >= 11 is 0. The fourth-order valence-electron chi connectivity index (χ4n) is 1.70. The molecule has 0 atom stereocenters. The number of aromatic nitrogens is 2. The second-order valence-corrected chi connectivity index (χ2v) is 3.74. The molecule has 1 fully saturated rings. The van der Waals surface area contributed by atoms with Gasteiger partial charge in [0, 0.05) is 31.9 Å². The fraction of sp³-hybridized carbons (Fsp3) is 0.636. The average molecular weight is 207 g/mol. The van der Waals surface area contributed by atoms with Crippen molar-refractivity contribution in [3.05, 3.63) is 18.1 Å². The molecule has 2 rings (SSSR count). The average Bonchev–Trinajstić information content (AvgIpc) is 2.31. The molecule has 1 aromatic heterocycles. The summed E-state index contributed by atoms with van der Waals surface area (Å²) in [4.78, 5) is 8.60. The molecule has 15 heavy (non-hydrogen) atoms. The van der Waals surface area contributed by atoms with Crippen molar-refractivity contribution < 1.29 is 4.74 Å². The Balaban J connectivity index is 1.96. The first-order chi connectivity index (χ1) is 7.38. The van der Waals surface area contributed by atoms with Gasteiger partial charge in [0.05, 0.1) is 0 Å². The lowest BCUT2D eigenvalue weighted by Crippen LogP contribution is -2.28. The van der Waals surface area contributed by atoms with E-state index < -0.39 is 0 Å². The number of nitrogens with zero attached hydrogens (tertiary/aromatic N) is 2. The molecule has 0 spiro atoms. The van der Waals surface area contributed by atoms with E-state index in [0.29, 0.717) is 6.04 Å². The Morgan fingerprint density at radius 1 is 1.47 bits per heavy atom. The molecule has 0 bridgehead atoms. The summed E-state index contributed by atoms with van der Waals surface area (Å²) in [6, 6.07) is 2.42. The van der Waals surface area contributed by atoms with Crippen LogP contribution in [0.4, 0.5) is 5.82 Å². The van der Waals surface area contributed by atoms with Gasteiger partial charge in [-0.1, -0.05) is 6.92 Å². The summed E-state index contributed by atoms with van der Waals surface area (Å²) in [5.41, 5.74) is 0. The van der Waals surface area contributed by atoms with Gasteiger partial charge in [0.1, 0.15) is 11.6 Å². The number of hydrogen-bond acceptors (Lipinski definition) is 4. The number of anilines is 1. The lowest BCUT2D eigenvalue weighted by molar-refractivity contribution is 0.0904. The maximum absolute atomic E-state index is 5.31. The van der Waals surface area contributed by atoms with Crippen molar-refractivity contribution in [3.8, 4) is 0 Å². The molecule has 0 aliphatic carbocycles. The van der Waals surface area contributed by atoms with E-state index in [1.165, 1.54) is 0 Å². The number of rotatable bonds is 3. The van der Waals surface area contributed by atoms with E-state index in [9.17, 15) is 0 Å². The minimum atomic E-state index is 0.498. The van der Waals surface area contributed by atoms with Crippen LogP contribution in [-0.2, 0) is 11.2 Å². The van der Waals surface area contributed by atoms with Crippen LogP contribution in [0.25, 0.3) is 0 Å². The zero-order valence-electron chi connectivity index (χ0n) is 9.07. The van der Waals surface area contributed by atoms with Gasteiger partial charge in [-0.15, -0.1) is 0 Å². The van der Waals surface area contributed by atoms with Crippen LogP contribution >= 0.6 is 0 Å². The van der Waals surface area contributed by atoms with Gasteiger partial charge in [-0.25, -0.2) is 9.97 Å². The normalized spacial score (nSPS) is 17.7. The van der Waals surface area contributed by atoms with Crippen LogP contribution in [0.3, 0.4) is 0 Å². The molecule has 82 valence electrons. The van der Waals surface area contributed by atoms with Gasteiger partial charge in [0.15, 0.2) is 0 Å². The van der Waals surface area contributed by atoms with Crippen LogP contribution < -0.4 is 5.32 Å². The number of ether oxygens (including phenoxy) is 1. The Hall–Kier alpha value is -1.16. The highest BCUT2D eigenvalue weighted by molar-refractivity contribution is 5.34. The third-order valence-corrected chi connectivity index (χ3v) is 2.60. The first-order valence-corrected chi connectivity index (χ1v) is 5.54. The molecule has 4 nitrogen and oxygen atoms in total. The summed E-state index contributed by atoms with van der Waals surface area (Å²) < 4.78 is 5.31. The molecule has 1 saturated heterocycles. The minimum absolute atomic E-state index is 0.498. The number of hydrogen-bond donors (Lipinski definition) is 1. The van der Waals surface area contributed by atoms with Gasteiger partial charge in [0.25, 0.3) is 0 Å².